The molecule has 2 bridgehead atoms. The molecule has 186 valence electrons. The average molecular weight is 490 g/mol. The predicted octanol–water partition coefficient (Wildman–Crippen LogP) is 2.35. The number of rotatable bonds is 7. The van der Waals surface area contributed by atoms with Gasteiger partial charge < -0.3 is 14.2 Å². The molecule has 1 fully saturated rings. The molecule has 0 radical (unpaired) electrons. The lowest BCUT2D eigenvalue weighted by atomic mass is 9.83. The maximum Gasteiger partial charge on any atom is 0.271 e. The van der Waals surface area contributed by atoms with Gasteiger partial charge in [-0.25, -0.2) is 9.82 Å². The summed E-state index contributed by atoms with van der Waals surface area (Å²) in [5, 5.41) is 4.09. The van der Waals surface area contributed by atoms with Gasteiger partial charge in [-0.1, -0.05) is 6.07 Å². The smallest absolute Gasteiger partial charge is 0.271 e. The number of carbonyl (C=O) groups is 1. The van der Waals surface area contributed by atoms with Gasteiger partial charge in [0.1, 0.15) is 18.1 Å². The molecule has 2 aliphatic heterocycles. The van der Waals surface area contributed by atoms with Gasteiger partial charge in [-0.05, 0) is 67.4 Å². The summed E-state index contributed by atoms with van der Waals surface area (Å²) < 4.78 is 20.9. The molecule has 0 saturated carbocycles. The standard InChI is InChI=1S/C28H29FN4O3/c1-2-36-26-11-6-19(14-30-31-28(35)21-7-9-24(29)10-8-21)12-23(26)18-32-15-20-13-22(17-32)25-4-3-5-27(34)33(25)16-20/h3-12,14,20,22H,2,13,15-18H2,1H3,(H,31,35)/p+1. The van der Waals surface area contributed by atoms with Crippen LogP contribution in [0.25, 0.3) is 0 Å². The van der Waals surface area contributed by atoms with Crippen molar-refractivity contribution in [1.29, 1.82) is 0 Å². The molecule has 1 saturated heterocycles. The van der Waals surface area contributed by atoms with E-state index in [-0.39, 0.29) is 5.56 Å². The van der Waals surface area contributed by atoms with Crippen LogP contribution in [0.2, 0.25) is 0 Å². The van der Waals surface area contributed by atoms with E-state index in [0.717, 1.165) is 55.2 Å². The van der Waals surface area contributed by atoms with E-state index in [9.17, 15) is 14.0 Å². The molecule has 2 N–H and O–H groups in total. The van der Waals surface area contributed by atoms with Crippen molar-refractivity contribution in [3.8, 4) is 5.75 Å². The average Bonchev–Trinajstić information content (AvgIpc) is 2.87. The summed E-state index contributed by atoms with van der Waals surface area (Å²) in [5.41, 5.74) is 6.02. The van der Waals surface area contributed by atoms with Gasteiger partial charge >= 0.3 is 0 Å². The van der Waals surface area contributed by atoms with Crippen molar-refractivity contribution in [3.05, 3.63) is 99.2 Å². The van der Waals surface area contributed by atoms with Gasteiger partial charge in [0.25, 0.3) is 11.5 Å². The molecule has 3 aromatic rings. The topological polar surface area (TPSA) is 77.1 Å². The number of nitrogens with one attached hydrogen (secondary N) is 2. The molecular weight excluding hydrogens is 459 g/mol. The summed E-state index contributed by atoms with van der Waals surface area (Å²) in [4.78, 5) is 26.0. The fourth-order valence-electron chi connectivity index (χ4n) is 5.48. The number of ether oxygens (including phenoxy) is 1. The van der Waals surface area contributed by atoms with Crippen molar-refractivity contribution < 1.29 is 18.8 Å². The van der Waals surface area contributed by atoms with E-state index in [4.69, 9.17) is 4.74 Å². The summed E-state index contributed by atoms with van der Waals surface area (Å²) >= 11 is 0. The first-order valence-electron chi connectivity index (χ1n) is 12.4. The van der Waals surface area contributed by atoms with Crippen molar-refractivity contribution in [1.82, 2.24) is 9.99 Å². The number of fused-ring (bicyclic) bond motifs is 4. The Labute approximate surface area is 209 Å². The molecule has 3 heterocycles. The highest BCUT2D eigenvalue weighted by molar-refractivity contribution is 5.94. The molecule has 2 aromatic carbocycles. The van der Waals surface area contributed by atoms with Gasteiger partial charge in [0.05, 0.1) is 25.9 Å². The molecule has 2 aliphatic rings. The van der Waals surface area contributed by atoms with Crippen LogP contribution in [0.15, 0.2) is 70.6 Å². The van der Waals surface area contributed by atoms with Crippen LogP contribution in [-0.4, -0.2) is 36.4 Å². The van der Waals surface area contributed by atoms with Crippen LogP contribution < -0.4 is 20.6 Å². The lowest BCUT2D eigenvalue weighted by Crippen LogP contribution is -3.13. The van der Waals surface area contributed by atoms with E-state index in [1.807, 2.05) is 35.8 Å². The molecule has 0 aliphatic carbocycles. The zero-order valence-electron chi connectivity index (χ0n) is 20.2. The van der Waals surface area contributed by atoms with Crippen LogP contribution in [-0.2, 0) is 13.1 Å². The Morgan fingerprint density at radius 2 is 2.03 bits per heavy atom. The van der Waals surface area contributed by atoms with Crippen molar-refractivity contribution in [2.75, 3.05) is 19.7 Å². The Morgan fingerprint density at radius 3 is 2.83 bits per heavy atom. The molecular formula is C28H30FN4O3+. The number of piperidine rings is 1. The Hall–Kier alpha value is -3.78. The number of amides is 1. The van der Waals surface area contributed by atoms with Crippen LogP contribution >= 0.6 is 0 Å². The molecule has 36 heavy (non-hydrogen) atoms. The van der Waals surface area contributed by atoms with Gasteiger partial charge in [-0.15, -0.1) is 0 Å². The second kappa shape index (κ2) is 10.5. The third-order valence-corrected chi connectivity index (χ3v) is 6.98. The minimum absolute atomic E-state index is 0.0998. The highest BCUT2D eigenvalue weighted by Gasteiger charge is 2.37. The number of quaternary nitrogens is 1. The highest BCUT2D eigenvalue weighted by Crippen LogP contribution is 2.30. The molecule has 1 aromatic heterocycles. The number of nitrogens with zero attached hydrogens (tertiary/aromatic N) is 2. The second-order valence-electron chi connectivity index (χ2n) is 9.54. The summed E-state index contributed by atoms with van der Waals surface area (Å²) in [7, 11) is 0. The largest absolute Gasteiger partial charge is 0.493 e. The van der Waals surface area contributed by atoms with Gasteiger partial charge in [0, 0.05) is 41.3 Å². The normalized spacial score (nSPS) is 20.7. The van der Waals surface area contributed by atoms with E-state index >= 15 is 0 Å². The number of hydrazone groups is 1. The maximum absolute atomic E-state index is 13.1. The summed E-state index contributed by atoms with van der Waals surface area (Å²) in [5.74, 6) is 0.914. The van der Waals surface area contributed by atoms with Crippen LogP contribution in [0.1, 0.15) is 46.4 Å². The van der Waals surface area contributed by atoms with Crippen LogP contribution in [0.3, 0.4) is 0 Å². The zero-order valence-corrected chi connectivity index (χ0v) is 20.2. The quantitative estimate of drug-likeness (QED) is 0.395. The first-order valence-corrected chi connectivity index (χ1v) is 12.4. The molecule has 1 amide bonds. The Balaban J connectivity index is 1.29. The molecule has 0 spiro atoms. The van der Waals surface area contributed by atoms with Gasteiger partial charge in [-0.2, -0.15) is 5.10 Å². The van der Waals surface area contributed by atoms with Crippen molar-refractivity contribution in [2.24, 2.45) is 11.0 Å². The third kappa shape index (κ3) is 5.23. The Kier molecular flexibility index (Phi) is 6.95. The maximum atomic E-state index is 13.1. The van der Waals surface area contributed by atoms with Gasteiger partial charge in [0.15, 0.2) is 0 Å². The SMILES string of the molecule is CCOc1ccc(C=NNC(=O)c2ccc(F)cc2)cc1C[NH+]1CC2CC(C1)c1cccc(=O)n1C2. The number of pyridine rings is 1. The van der Waals surface area contributed by atoms with Crippen molar-refractivity contribution in [3.63, 3.8) is 0 Å². The fourth-order valence-corrected chi connectivity index (χ4v) is 5.48. The van der Waals surface area contributed by atoms with Gasteiger partial charge in [0.2, 0.25) is 0 Å². The predicted molar refractivity (Wildman–Crippen MR) is 135 cm³/mol. The lowest BCUT2D eigenvalue weighted by molar-refractivity contribution is -0.924. The van der Waals surface area contributed by atoms with Crippen LogP contribution in [0, 0.1) is 11.7 Å². The first-order chi connectivity index (χ1) is 17.5. The number of hydrogen-bond donors (Lipinski definition) is 2. The fraction of sp³-hybridized carbons (Fsp3) is 0.321. The number of hydrogen-bond acceptors (Lipinski definition) is 4. The summed E-state index contributed by atoms with van der Waals surface area (Å²) in [6.07, 6.45) is 2.73. The van der Waals surface area contributed by atoms with Gasteiger partial charge in [-0.3, -0.25) is 9.59 Å². The minimum atomic E-state index is -0.402. The molecule has 8 heteroatoms. The molecule has 3 atom stereocenters. The zero-order chi connectivity index (χ0) is 25.1. The summed E-state index contributed by atoms with van der Waals surface area (Å²) in [6.45, 7) is 6.12. The highest BCUT2D eigenvalue weighted by atomic mass is 19.1. The Morgan fingerprint density at radius 1 is 1.19 bits per heavy atom. The van der Waals surface area contributed by atoms with E-state index in [1.54, 1.807) is 12.3 Å². The molecule has 7 nitrogen and oxygen atoms in total. The number of carbonyl (C=O) groups excluding carboxylic acids is 1. The summed E-state index contributed by atoms with van der Waals surface area (Å²) in [6, 6.07) is 16.8. The number of halogens is 1. The third-order valence-electron chi connectivity index (χ3n) is 6.98. The van der Waals surface area contributed by atoms with E-state index < -0.39 is 11.7 Å². The van der Waals surface area contributed by atoms with E-state index in [0.29, 0.717) is 24.0 Å². The van der Waals surface area contributed by atoms with E-state index in [2.05, 4.69) is 16.6 Å². The van der Waals surface area contributed by atoms with Crippen molar-refractivity contribution >= 4 is 12.1 Å². The monoisotopic (exact) mass is 489 g/mol. The van der Waals surface area contributed by atoms with Crippen LogP contribution in [0.5, 0.6) is 5.75 Å². The Bertz CT molecular complexity index is 1340. The number of aromatic nitrogens is 1. The number of benzene rings is 2. The van der Waals surface area contributed by atoms with E-state index in [1.165, 1.54) is 29.2 Å². The van der Waals surface area contributed by atoms with Crippen molar-refractivity contribution in [2.45, 2.75) is 32.4 Å². The number of likely N-dealkylation sites (tertiary alicyclic amines) is 1. The first kappa shape index (κ1) is 23.9. The minimum Gasteiger partial charge on any atom is -0.493 e. The van der Waals surface area contributed by atoms with Crippen LogP contribution in [0.4, 0.5) is 4.39 Å². The second-order valence-corrected chi connectivity index (χ2v) is 9.54. The molecule has 5 rings (SSSR count). The lowest BCUT2D eigenvalue weighted by Gasteiger charge is -2.40. The molecule has 3 unspecified atom stereocenters.